The monoisotopic (exact) mass is 279 g/mol. The Morgan fingerprint density at radius 2 is 2.15 bits per heavy atom. The summed E-state index contributed by atoms with van der Waals surface area (Å²) in [6, 6.07) is 4.99. The zero-order valence-electron chi connectivity index (χ0n) is 11.8. The number of nitrogen functional groups attached to an aromatic ring is 1. The van der Waals surface area contributed by atoms with Crippen LogP contribution in [-0.2, 0) is 9.47 Å². The molecule has 1 fully saturated rings. The fraction of sp³-hybridized carbons (Fsp3) is 0.533. The molecule has 0 bridgehead atoms. The average molecular weight is 279 g/mol. The molecule has 1 aromatic rings. The van der Waals surface area contributed by atoms with Gasteiger partial charge in [0, 0.05) is 13.2 Å². The summed E-state index contributed by atoms with van der Waals surface area (Å²) in [5.41, 5.74) is 6.82. The van der Waals surface area contributed by atoms with E-state index in [9.17, 15) is 4.79 Å². The third-order valence-corrected chi connectivity index (χ3v) is 3.34. The van der Waals surface area contributed by atoms with E-state index in [1.54, 1.807) is 25.1 Å². The van der Waals surface area contributed by atoms with Crippen LogP contribution in [0.25, 0.3) is 0 Å². The van der Waals surface area contributed by atoms with Gasteiger partial charge in [-0.25, -0.2) is 4.79 Å². The van der Waals surface area contributed by atoms with Crippen molar-refractivity contribution in [2.45, 2.75) is 19.8 Å². The van der Waals surface area contributed by atoms with E-state index in [2.05, 4.69) is 0 Å². The summed E-state index contributed by atoms with van der Waals surface area (Å²) < 4.78 is 16.0. The van der Waals surface area contributed by atoms with Crippen LogP contribution >= 0.6 is 0 Å². The molecule has 0 aliphatic carbocycles. The van der Waals surface area contributed by atoms with Gasteiger partial charge in [0.15, 0.2) is 0 Å². The fourth-order valence-electron chi connectivity index (χ4n) is 2.14. The van der Waals surface area contributed by atoms with Gasteiger partial charge in [0.25, 0.3) is 0 Å². The van der Waals surface area contributed by atoms with E-state index >= 15 is 0 Å². The fourth-order valence-corrected chi connectivity index (χ4v) is 2.14. The van der Waals surface area contributed by atoms with E-state index < -0.39 is 0 Å². The number of benzene rings is 1. The topological polar surface area (TPSA) is 70.8 Å². The lowest BCUT2D eigenvalue weighted by atomic mass is 10.0. The van der Waals surface area contributed by atoms with Crippen LogP contribution in [0.4, 0.5) is 5.69 Å². The van der Waals surface area contributed by atoms with Gasteiger partial charge in [0.2, 0.25) is 0 Å². The molecule has 2 N–H and O–H groups in total. The van der Waals surface area contributed by atoms with E-state index in [1.165, 1.54) is 0 Å². The first kappa shape index (κ1) is 14.7. The molecule has 0 aromatic heterocycles. The molecule has 0 saturated carbocycles. The van der Waals surface area contributed by atoms with Gasteiger partial charge >= 0.3 is 5.97 Å². The molecule has 1 heterocycles. The largest absolute Gasteiger partial charge is 0.491 e. The molecule has 5 heteroatoms. The van der Waals surface area contributed by atoms with E-state index in [1.807, 2.05) is 0 Å². The maximum Gasteiger partial charge on any atom is 0.338 e. The lowest BCUT2D eigenvalue weighted by Crippen LogP contribution is -2.21. The molecule has 1 saturated heterocycles. The first-order chi connectivity index (χ1) is 9.70. The number of esters is 1. The van der Waals surface area contributed by atoms with Crippen LogP contribution in [0.5, 0.6) is 5.75 Å². The third kappa shape index (κ3) is 3.87. The number of rotatable bonds is 5. The zero-order chi connectivity index (χ0) is 14.4. The minimum Gasteiger partial charge on any atom is -0.491 e. The van der Waals surface area contributed by atoms with Gasteiger partial charge in [-0.15, -0.1) is 0 Å². The van der Waals surface area contributed by atoms with Gasteiger partial charge in [-0.2, -0.15) is 0 Å². The van der Waals surface area contributed by atoms with Crippen LogP contribution in [0.2, 0.25) is 0 Å². The van der Waals surface area contributed by atoms with Gasteiger partial charge in [-0.3, -0.25) is 0 Å². The van der Waals surface area contributed by atoms with Crippen molar-refractivity contribution in [1.29, 1.82) is 0 Å². The minimum absolute atomic E-state index is 0.348. The Balaban J connectivity index is 1.93. The molecular formula is C15H21NO4. The van der Waals surface area contributed by atoms with Gasteiger partial charge in [-0.1, -0.05) is 0 Å². The highest BCUT2D eigenvalue weighted by Crippen LogP contribution is 2.25. The van der Waals surface area contributed by atoms with Crippen molar-refractivity contribution in [3.63, 3.8) is 0 Å². The normalized spacial score (nSPS) is 15.8. The Kier molecular flexibility index (Phi) is 5.24. The van der Waals surface area contributed by atoms with Crippen LogP contribution in [0, 0.1) is 5.92 Å². The molecule has 0 amide bonds. The highest BCUT2D eigenvalue weighted by molar-refractivity contribution is 5.91. The summed E-state index contributed by atoms with van der Waals surface area (Å²) in [6.45, 7) is 4.34. The molecule has 5 nitrogen and oxygen atoms in total. The summed E-state index contributed by atoms with van der Waals surface area (Å²) in [6.07, 6.45) is 2.03. The predicted molar refractivity (Wildman–Crippen MR) is 75.8 cm³/mol. The number of anilines is 1. The Morgan fingerprint density at radius 3 is 2.80 bits per heavy atom. The Hall–Kier alpha value is -1.75. The third-order valence-electron chi connectivity index (χ3n) is 3.34. The van der Waals surface area contributed by atoms with Crippen molar-refractivity contribution >= 4 is 11.7 Å². The zero-order valence-corrected chi connectivity index (χ0v) is 11.8. The Morgan fingerprint density at radius 1 is 1.40 bits per heavy atom. The molecule has 0 unspecified atom stereocenters. The number of carbonyl (C=O) groups excluding carboxylic acids is 1. The molecule has 20 heavy (non-hydrogen) atoms. The second-order valence-corrected chi connectivity index (χ2v) is 4.84. The highest BCUT2D eigenvalue weighted by atomic mass is 16.5. The molecule has 0 radical (unpaired) electrons. The van der Waals surface area contributed by atoms with Crippen molar-refractivity contribution in [2.24, 2.45) is 5.92 Å². The molecule has 1 aliphatic heterocycles. The van der Waals surface area contributed by atoms with E-state index in [0.29, 0.717) is 36.1 Å². The molecular weight excluding hydrogens is 258 g/mol. The molecule has 2 rings (SSSR count). The van der Waals surface area contributed by atoms with E-state index in [0.717, 1.165) is 26.1 Å². The SMILES string of the molecule is CCOC(=O)c1ccc(OCC2CCOCC2)c(N)c1. The predicted octanol–water partition coefficient (Wildman–Crippen LogP) is 2.25. The van der Waals surface area contributed by atoms with Gasteiger partial charge in [0.1, 0.15) is 5.75 Å². The van der Waals surface area contributed by atoms with E-state index in [4.69, 9.17) is 19.9 Å². The Labute approximate surface area is 119 Å². The first-order valence-electron chi connectivity index (χ1n) is 6.98. The van der Waals surface area contributed by atoms with Crippen LogP contribution in [0.3, 0.4) is 0 Å². The molecule has 0 atom stereocenters. The number of nitrogens with two attached hydrogens (primary N) is 1. The van der Waals surface area contributed by atoms with Crippen molar-refractivity contribution in [3.8, 4) is 5.75 Å². The van der Waals surface area contributed by atoms with Crippen LogP contribution < -0.4 is 10.5 Å². The van der Waals surface area contributed by atoms with Crippen LogP contribution in [0.1, 0.15) is 30.1 Å². The molecule has 110 valence electrons. The van der Waals surface area contributed by atoms with Crippen molar-refractivity contribution in [1.82, 2.24) is 0 Å². The van der Waals surface area contributed by atoms with Crippen LogP contribution in [-0.4, -0.2) is 32.4 Å². The summed E-state index contributed by atoms with van der Waals surface area (Å²) in [5, 5.41) is 0. The lowest BCUT2D eigenvalue weighted by Gasteiger charge is -2.22. The maximum atomic E-state index is 11.6. The number of hydrogen-bond donors (Lipinski definition) is 1. The summed E-state index contributed by atoms with van der Waals surface area (Å²) in [7, 11) is 0. The Bertz CT molecular complexity index is 455. The molecule has 0 spiro atoms. The number of ether oxygens (including phenoxy) is 3. The smallest absolute Gasteiger partial charge is 0.338 e. The standard InChI is InChI=1S/C15H21NO4/c1-2-19-15(17)12-3-4-14(13(16)9-12)20-10-11-5-7-18-8-6-11/h3-4,9,11H,2,5-8,10,16H2,1H3. The number of carbonyl (C=O) groups is 1. The van der Waals surface area contributed by atoms with Crippen molar-refractivity contribution in [3.05, 3.63) is 23.8 Å². The number of hydrogen-bond acceptors (Lipinski definition) is 5. The van der Waals surface area contributed by atoms with E-state index in [-0.39, 0.29) is 5.97 Å². The first-order valence-corrected chi connectivity index (χ1v) is 6.98. The summed E-state index contributed by atoms with van der Waals surface area (Å²) >= 11 is 0. The lowest BCUT2D eigenvalue weighted by molar-refractivity contribution is 0.0497. The summed E-state index contributed by atoms with van der Waals surface area (Å²) in [4.78, 5) is 11.6. The molecule has 1 aromatic carbocycles. The van der Waals surface area contributed by atoms with Gasteiger partial charge in [0.05, 0.1) is 24.5 Å². The minimum atomic E-state index is -0.366. The van der Waals surface area contributed by atoms with Crippen molar-refractivity contribution < 1.29 is 19.0 Å². The maximum absolute atomic E-state index is 11.6. The second kappa shape index (κ2) is 7.14. The van der Waals surface area contributed by atoms with Gasteiger partial charge in [-0.05, 0) is 43.9 Å². The molecule has 1 aliphatic rings. The summed E-state index contributed by atoms with van der Waals surface area (Å²) in [5.74, 6) is 0.757. The van der Waals surface area contributed by atoms with Crippen molar-refractivity contribution in [2.75, 3.05) is 32.2 Å². The highest BCUT2D eigenvalue weighted by Gasteiger charge is 2.15. The van der Waals surface area contributed by atoms with Gasteiger partial charge < -0.3 is 19.9 Å². The average Bonchev–Trinajstić information content (AvgIpc) is 2.47. The quantitative estimate of drug-likeness (QED) is 0.661. The second-order valence-electron chi connectivity index (χ2n) is 4.84. The van der Waals surface area contributed by atoms with Crippen LogP contribution in [0.15, 0.2) is 18.2 Å².